The van der Waals surface area contributed by atoms with Crippen LogP contribution in [0.3, 0.4) is 0 Å². The monoisotopic (exact) mass is 418 g/mol. The first-order chi connectivity index (χ1) is 14.7. The van der Waals surface area contributed by atoms with Crippen molar-refractivity contribution in [3.05, 3.63) is 73.0 Å². The average molecular weight is 418 g/mol. The highest BCUT2D eigenvalue weighted by atomic mass is 32.2. The van der Waals surface area contributed by atoms with Gasteiger partial charge in [-0.05, 0) is 48.5 Å². The Bertz CT molecular complexity index is 1140. The molecule has 1 amide bonds. The number of hydrogen-bond donors (Lipinski definition) is 1. The van der Waals surface area contributed by atoms with Crippen LogP contribution in [0.2, 0.25) is 0 Å². The van der Waals surface area contributed by atoms with Gasteiger partial charge in [-0.25, -0.2) is 0 Å². The molecule has 0 saturated heterocycles. The molecule has 0 saturated carbocycles. The Balaban J connectivity index is 1.31. The first-order valence-corrected chi connectivity index (χ1v) is 10.1. The second-order valence-electron chi connectivity index (χ2n) is 6.26. The Kier molecular flexibility index (Phi) is 6.00. The zero-order valence-electron chi connectivity index (χ0n) is 16.1. The van der Waals surface area contributed by atoms with Crippen molar-refractivity contribution in [1.82, 2.24) is 14.8 Å². The molecule has 8 nitrogen and oxygen atoms in total. The Morgan fingerprint density at radius 3 is 2.43 bits per heavy atom. The van der Waals surface area contributed by atoms with Gasteiger partial charge in [-0.2, -0.15) is 10.2 Å². The van der Waals surface area contributed by atoms with Gasteiger partial charge < -0.3 is 14.3 Å². The minimum absolute atomic E-state index is 0.138. The number of azo groups is 1. The molecule has 0 aliphatic rings. The first kappa shape index (κ1) is 19.6. The molecule has 1 N–H and O–H groups in total. The molecule has 4 rings (SSSR count). The van der Waals surface area contributed by atoms with E-state index in [1.54, 1.807) is 41.2 Å². The number of amides is 1. The van der Waals surface area contributed by atoms with E-state index in [0.717, 1.165) is 5.69 Å². The highest BCUT2D eigenvalue weighted by Crippen LogP contribution is 2.23. The van der Waals surface area contributed by atoms with Crippen molar-refractivity contribution in [2.75, 3.05) is 11.1 Å². The third kappa shape index (κ3) is 4.81. The lowest BCUT2D eigenvalue weighted by molar-refractivity contribution is -0.113. The summed E-state index contributed by atoms with van der Waals surface area (Å²) in [5.41, 5.74) is 2.18. The number of aromatic nitrogens is 3. The maximum absolute atomic E-state index is 12.3. The van der Waals surface area contributed by atoms with E-state index in [0.29, 0.717) is 28.1 Å². The Morgan fingerprint density at radius 2 is 1.73 bits per heavy atom. The number of anilines is 1. The van der Waals surface area contributed by atoms with Crippen LogP contribution >= 0.6 is 11.8 Å². The molecule has 30 heavy (non-hydrogen) atoms. The fourth-order valence-electron chi connectivity index (χ4n) is 2.61. The number of nitrogens with zero attached hydrogens (tertiary/aromatic N) is 5. The van der Waals surface area contributed by atoms with E-state index in [1.165, 1.54) is 11.8 Å². The highest BCUT2D eigenvalue weighted by Gasteiger charge is 2.14. The molecule has 0 spiro atoms. The number of carbonyl (C=O) groups excluding carboxylic acids is 1. The molecule has 0 fully saturated rings. The van der Waals surface area contributed by atoms with Gasteiger partial charge in [-0.1, -0.05) is 30.0 Å². The van der Waals surface area contributed by atoms with E-state index in [-0.39, 0.29) is 11.7 Å². The van der Waals surface area contributed by atoms with Gasteiger partial charge in [0.1, 0.15) is 0 Å². The molecular formula is C21H18N6O2S. The zero-order valence-corrected chi connectivity index (χ0v) is 16.9. The lowest BCUT2D eigenvalue weighted by atomic mass is 10.3. The molecule has 2 heterocycles. The molecule has 2 aromatic carbocycles. The fraction of sp³-hybridized carbons (Fsp3) is 0.0952. The summed E-state index contributed by atoms with van der Waals surface area (Å²) in [5.74, 6) is 1.31. The summed E-state index contributed by atoms with van der Waals surface area (Å²) in [4.78, 5) is 12.3. The van der Waals surface area contributed by atoms with E-state index in [1.807, 2.05) is 43.4 Å². The summed E-state index contributed by atoms with van der Waals surface area (Å²) >= 11 is 1.30. The largest absolute Gasteiger partial charge is 0.461 e. The lowest BCUT2D eigenvalue weighted by Gasteiger charge is -2.05. The normalized spacial score (nSPS) is 11.1. The maximum atomic E-state index is 12.3. The van der Waals surface area contributed by atoms with Gasteiger partial charge in [0, 0.05) is 12.7 Å². The molecule has 9 heteroatoms. The summed E-state index contributed by atoms with van der Waals surface area (Å²) in [6.45, 7) is 0. The molecule has 150 valence electrons. The van der Waals surface area contributed by atoms with E-state index in [2.05, 4.69) is 25.7 Å². The van der Waals surface area contributed by atoms with Crippen molar-refractivity contribution < 1.29 is 9.21 Å². The molecule has 0 bridgehead atoms. The number of thioether (sulfide) groups is 1. The molecule has 2 aromatic heterocycles. The number of hydrogen-bond acceptors (Lipinski definition) is 7. The van der Waals surface area contributed by atoms with Crippen LogP contribution in [0.1, 0.15) is 0 Å². The van der Waals surface area contributed by atoms with E-state index in [9.17, 15) is 4.79 Å². The number of furan rings is 1. The van der Waals surface area contributed by atoms with Gasteiger partial charge in [0.2, 0.25) is 5.91 Å². The van der Waals surface area contributed by atoms with Gasteiger partial charge in [-0.15, -0.1) is 10.2 Å². The van der Waals surface area contributed by atoms with Crippen LogP contribution in [-0.2, 0) is 11.8 Å². The second kappa shape index (κ2) is 9.19. The molecule has 0 aliphatic heterocycles. The number of rotatable bonds is 7. The van der Waals surface area contributed by atoms with Crippen molar-refractivity contribution in [3.8, 4) is 11.6 Å². The molecule has 4 aromatic rings. The van der Waals surface area contributed by atoms with Crippen molar-refractivity contribution >= 4 is 34.7 Å². The van der Waals surface area contributed by atoms with Crippen LogP contribution in [0.4, 0.5) is 17.1 Å². The highest BCUT2D eigenvalue weighted by molar-refractivity contribution is 7.99. The summed E-state index contributed by atoms with van der Waals surface area (Å²) in [6.07, 6.45) is 1.58. The maximum Gasteiger partial charge on any atom is 0.234 e. The number of carbonyl (C=O) groups is 1. The lowest BCUT2D eigenvalue weighted by Crippen LogP contribution is -2.14. The summed E-state index contributed by atoms with van der Waals surface area (Å²) < 4.78 is 7.14. The van der Waals surface area contributed by atoms with Gasteiger partial charge in [0.05, 0.1) is 23.4 Å². The van der Waals surface area contributed by atoms with E-state index < -0.39 is 0 Å². The van der Waals surface area contributed by atoms with Crippen LogP contribution in [0.15, 0.2) is 92.8 Å². The topological polar surface area (TPSA) is 97.7 Å². The Morgan fingerprint density at radius 1 is 1.00 bits per heavy atom. The van der Waals surface area contributed by atoms with Crippen molar-refractivity contribution in [3.63, 3.8) is 0 Å². The van der Waals surface area contributed by atoms with Crippen molar-refractivity contribution in [2.24, 2.45) is 17.3 Å². The number of nitrogens with one attached hydrogen (secondary N) is 1. The van der Waals surface area contributed by atoms with Gasteiger partial charge in [0.25, 0.3) is 0 Å². The van der Waals surface area contributed by atoms with Crippen LogP contribution in [0.5, 0.6) is 0 Å². The predicted molar refractivity (Wildman–Crippen MR) is 115 cm³/mol. The Hall–Kier alpha value is -3.72. The Labute approximate surface area is 177 Å². The molecule has 0 aliphatic carbocycles. The fourth-order valence-corrected chi connectivity index (χ4v) is 3.32. The summed E-state index contributed by atoms with van der Waals surface area (Å²) in [5, 5.41) is 20.1. The average Bonchev–Trinajstić information content (AvgIpc) is 3.42. The molecule has 0 radical (unpaired) electrons. The van der Waals surface area contributed by atoms with Crippen LogP contribution in [0.25, 0.3) is 11.6 Å². The first-order valence-electron chi connectivity index (χ1n) is 9.12. The predicted octanol–water partition coefficient (Wildman–Crippen LogP) is 5.22. The standard InChI is InChI=1S/C21H18N6O2S/c1-27-20(18-8-5-13-29-18)25-26-21(27)30-14-19(28)22-15-9-11-17(12-10-15)24-23-16-6-3-2-4-7-16/h2-13H,14H2,1H3,(H,22,28). The third-order valence-corrected chi connectivity index (χ3v) is 5.12. The number of benzene rings is 2. The summed E-state index contributed by atoms with van der Waals surface area (Å²) in [6, 6.07) is 20.3. The van der Waals surface area contributed by atoms with Gasteiger partial charge in [0.15, 0.2) is 16.7 Å². The SMILES string of the molecule is Cn1c(SCC(=O)Nc2ccc(N=Nc3ccccc3)cc2)nnc1-c1ccco1. The van der Waals surface area contributed by atoms with Crippen LogP contribution in [-0.4, -0.2) is 26.4 Å². The van der Waals surface area contributed by atoms with Crippen LogP contribution in [0, 0.1) is 0 Å². The smallest absolute Gasteiger partial charge is 0.234 e. The van der Waals surface area contributed by atoms with E-state index in [4.69, 9.17) is 4.42 Å². The molecule has 0 atom stereocenters. The van der Waals surface area contributed by atoms with E-state index >= 15 is 0 Å². The van der Waals surface area contributed by atoms with Gasteiger partial charge in [-0.3, -0.25) is 4.79 Å². The third-order valence-electron chi connectivity index (χ3n) is 4.10. The van der Waals surface area contributed by atoms with Crippen LogP contribution < -0.4 is 5.32 Å². The molecular weight excluding hydrogens is 400 g/mol. The van der Waals surface area contributed by atoms with Gasteiger partial charge >= 0.3 is 0 Å². The second-order valence-corrected chi connectivity index (χ2v) is 7.20. The quantitative estimate of drug-likeness (QED) is 0.328. The minimum atomic E-state index is -0.138. The zero-order chi connectivity index (χ0) is 20.8. The van der Waals surface area contributed by atoms with Crippen molar-refractivity contribution in [2.45, 2.75) is 5.16 Å². The van der Waals surface area contributed by atoms with Crippen molar-refractivity contribution in [1.29, 1.82) is 0 Å². The minimum Gasteiger partial charge on any atom is -0.461 e. The molecule has 0 unspecified atom stereocenters. The summed E-state index contributed by atoms with van der Waals surface area (Å²) in [7, 11) is 1.83.